The fraction of sp³-hybridized carbons (Fsp3) is 0.588. The first kappa shape index (κ1) is 18.9. The number of carbonyl (C=O) groups excluding carboxylic acids is 1. The van der Waals surface area contributed by atoms with E-state index >= 15 is 0 Å². The van der Waals surface area contributed by atoms with E-state index in [0.717, 1.165) is 19.4 Å². The lowest BCUT2D eigenvalue weighted by molar-refractivity contribution is 0.0919. The number of carbonyl (C=O) groups is 1. The zero-order chi connectivity index (χ0) is 17.9. The SMILES string of the molecule is CC1NCCCC1NC(=O)c1ccc(S(=O)(=O)N(C)C(C)C)cc1. The van der Waals surface area contributed by atoms with Crippen LogP contribution in [0.1, 0.15) is 44.0 Å². The van der Waals surface area contributed by atoms with Gasteiger partial charge in [0.2, 0.25) is 10.0 Å². The van der Waals surface area contributed by atoms with Crippen LogP contribution in [-0.4, -0.2) is 50.3 Å². The Balaban J connectivity index is 2.10. The lowest BCUT2D eigenvalue weighted by Gasteiger charge is -2.30. The molecule has 24 heavy (non-hydrogen) atoms. The summed E-state index contributed by atoms with van der Waals surface area (Å²) in [4.78, 5) is 12.6. The van der Waals surface area contributed by atoms with Gasteiger partial charge in [-0.2, -0.15) is 4.31 Å². The summed E-state index contributed by atoms with van der Waals surface area (Å²) in [7, 11) is -1.97. The van der Waals surface area contributed by atoms with Crippen molar-refractivity contribution in [1.29, 1.82) is 0 Å². The second kappa shape index (κ2) is 7.63. The van der Waals surface area contributed by atoms with Gasteiger partial charge in [-0.1, -0.05) is 0 Å². The van der Waals surface area contributed by atoms with E-state index < -0.39 is 10.0 Å². The number of rotatable bonds is 5. The van der Waals surface area contributed by atoms with Crippen LogP contribution in [-0.2, 0) is 10.0 Å². The van der Waals surface area contributed by atoms with E-state index in [0.29, 0.717) is 5.56 Å². The van der Waals surface area contributed by atoms with Crippen LogP contribution in [0.25, 0.3) is 0 Å². The fourth-order valence-corrected chi connectivity index (χ4v) is 4.08. The molecule has 0 aromatic heterocycles. The number of sulfonamides is 1. The molecule has 2 rings (SSSR count). The minimum absolute atomic E-state index is 0.0988. The first-order chi connectivity index (χ1) is 11.2. The molecule has 2 unspecified atom stereocenters. The van der Waals surface area contributed by atoms with E-state index in [9.17, 15) is 13.2 Å². The highest BCUT2D eigenvalue weighted by molar-refractivity contribution is 7.89. The molecule has 6 nitrogen and oxygen atoms in total. The zero-order valence-electron chi connectivity index (χ0n) is 14.7. The van der Waals surface area contributed by atoms with E-state index in [-0.39, 0.29) is 28.9 Å². The first-order valence-corrected chi connectivity index (χ1v) is 9.80. The van der Waals surface area contributed by atoms with Crippen molar-refractivity contribution in [3.8, 4) is 0 Å². The van der Waals surface area contributed by atoms with Gasteiger partial charge in [0, 0.05) is 30.7 Å². The van der Waals surface area contributed by atoms with Gasteiger partial charge in [0.05, 0.1) is 4.90 Å². The average Bonchev–Trinajstić information content (AvgIpc) is 2.56. The van der Waals surface area contributed by atoms with Gasteiger partial charge in [0.25, 0.3) is 5.91 Å². The van der Waals surface area contributed by atoms with Crippen molar-refractivity contribution >= 4 is 15.9 Å². The van der Waals surface area contributed by atoms with Gasteiger partial charge in [-0.25, -0.2) is 8.42 Å². The molecule has 0 radical (unpaired) electrons. The van der Waals surface area contributed by atoms with E-state index in [1.807, 2.05) is 13.8 Å². The van der Waals surface area contributed by atoms with Crippen molar-refractivity contribution in [3.63, 3.8) is 0 Å². The van der Waals surface area contributed by atoms with E-state index in [4.69, 9.17) is 0 Å². The molecule has 7 heteroatoms. The number of piperidine rings is 1. The quantitative estimate of drug-likeness (QED) is 0.842. The minimum atomic E-state index is -3.53. The molecule has 1 aromatic carbocycles. The monoisotopic (exact) mass is 353 g/mol. The van der Waals surface area contributed by atoms with Gasteiger partial charge in [0.15, 0.2) is 0 Å². The lowest BCUT2D eigenvalue weighted by Crippen LogP contribution is -2.51. The number of nitrogens with zero attached hydrogens (tertiary/aromatic N) is 1. The summed E-state index contributed by atoms with van der Waals surface area (Å²) in [6, 6.07) is 6.33. The molecule has 134 valence electrons. The predicted molar refractivity (Wildman–Crippen MR) is 94.5 cm³/mol. The minimum Gasteiger partial charge on any atom is -0.348 e. The molecule has 1 aromatic rings. The zero-order valence-corrected chi connectivity index (χ0v) is 15.6. The Labute approximate surface area is 144 Å². The standard InChI is InChI=1S/C17H27N3O3S/c1-12(2)20(4)24(22,23)15-9-7-14(8-10-15)17(21)19-16-6-5-11-18-13(16)3/h7-10,12-13,16,18H,5-6,11H2,1-4H3,(H,19,21). The van der Waals surface area contributed by atoms with Crippen molar-refractivity contribution < 1.29 is 13.2 Å². The van der Waals surface area contributed by atoms with Crippen molar-refractivity contribution in [3.05, 3.63) is 29.8 Å². The fourth-order valence-electron chi connectivity index (χ4n) is 2.71. The topological polar surface area (TPSA) is 78.5 Å². The number of hydrogen-bond acceptors (Lipinski definition) is 4. The number of nitrogens with one attached hydrogen (secondary N) is 2. The van der Waals surface area contributed by atoms with Crippen LogP contribution in [0.5, 0.6) is 0 Å². The van der Waals surface area contributed by atoms with Crippen molar-refractivity contribution in [2.45, 2.75) is 56.6 Å². The summed E-state index contributed by atoms with van der Waals surface area (Å²) in [6.45, 7) is 6.67. The number of amides is 1. The van der Waals surface area contributed by atoms with Crippen LogP contribution in [0.3, 0.4) is 0 Å². The van der Waals surface area contributed by atoms with Crippen molar-refractivity contribution in [1.82, 2.24) is 14.9 Å². The molecule has 1 saturated heterocycles. The summed E-state index contributed by atoms with van der Waals surface area (Å²) in [5, 5.41) is 6.36. The molecule has 0 saturated carbocycles. The maximum absolute atomic E-state index is 12.4. The van der Waals surface area contributed by atoms with Gasteiger partial charge in [-0.15, -0.1) is 0 Å². The van der Waals surface area contributed by atoms with Crippen LogP contribution in [0, 0.1) is 0 Å². The summed E-state index contributed by atoms with van der Waals surface area (Å²) in [5.41, 5.74) is 0.471. The molecule has 2 N–H and O–H groups in total. The van der Waals surface area contributed by atoms with E-state index in [1.54, 1.807) is 19.2 Å². The highest BCUT2D eigenvalue weighted by atomic mass is 32.2. The molecule has 0 aliphatic carbocycles. The lowest BCUT2D eigenvalue weighted by atomic mass is 9.99. The maximum Gasteiger partial charge on any atom is 0.251 e. The average molecular weight is 353 g/mol. The summed E-state index contributed by atoms with van der Waals surface area (Å²) < 4.78 is 26.2. The Morgan fingerprint density at radius 3 is 2.46 bits per heavy atom. The van der Waals surface area contributed by atoms with Gasteiger partial charge in [0.1, 0.15) is 0 Å². The van der Waals surface area contributed by atoms with Gasteiger partial charge in [-0.05, 0) is 64.4 Å². The van der Waals surface area contributed by atoms with Crippen LogP contribution < -0.4 is 10.6 Å². The Kier molecular flexibility index (Phi) is 6.01. The summed E-state index contributed by atoms with van der Waals surface area (Å²) in [6.07, 6.45) is 1.99. The van der Waals surface area contributed by atoms with Crippen molar-refractivity contribution in [2.75, 3.05) is 13.6 Å². The second-order valence-electron chi connectivity index (χ2n) is 6.60. The molecule has 1 aliphatic heterocycles. The molecular formula is C17H27N3O3S. The second-order valence-corrected chi connectivity index (χ2v) is 8.60. The van der Waals surface area contributed by atoms with Crippen LogP contribution >= 0.6 is 0 Å². The third-order valence-electron chi connectivity index (χ3n) is 4.60. The summed E-state index contributed by atoms with van der Waals surface area (Å²) >= 11 is 0. The molecule has 1 heterocycles. The largest absolute Gasteiger partial charge is 0.348 e. The molecule has 1 amide bonds. The molecular weight excluding hydrogens is 326 g/mol. The molecule has 0 bridgehead atoms. The van der Waals surface area contributed by atoms with Crippen molar-refractivity contribution in [2.24, 2.45) is 0 Å². The Morgan fingerprint density at radius 1 is 1.29 bits per heavy atom. The van der Waals surface area contributed by atoms with Gasteiger partial charge < -0.3 is 10.6 Å². The third kappa shape index (κ3) is 4.15. The Hall–Kier alpha value is -1.44. The number of hydrogen-bond donors (Lipinski definition) is 2. The van der Waals surface area contributed by atoms with E-state index in [1.165, 1.54) is 16.4 Å². The van der Waals surface area contributed by atoms with Gasteiger partial charge >= 0.3 is 0 Å². The van der Waals surface area contributed by atoms with Crippen LogP contribution in [0.15, 0.2) is 29.2 Å². The highest BCUT2D eigenvalue weighted by Gasteiger charge is 2.25. The van der Waals surface area contributed by atoms with Crippen LogP contribution in [0.2, 0.25) is 0 Å². The predicted octanol–water partition coefficient (Wildman–Crippen LogP) is 1.59. The maximum atomic E-state index is 12.4. The molecule has 0 spiro atoms. The molecule has 1 aliphatic rings. The summed E-state index contributed by atoms with van der Waals surface area (Å²) in [5.74, 6) is -0.170. The Bertz CT molecular complexity index is 671. The molecule has 2 atom stereocenters. The highest BCUT2D eigenvalue weighted by Crippen LogP contribution is 2.17. The van der Waals surface area contributed by atoms with E-state index in [2.05, 4.69) is 17.6 Å². The normalized spacial score (nSPS) is 21.9. The van der Waals surface area contributed by atoms with Crippen LogP contribution in [0.4, 0.5) is 0 Å². The smallest absolute Gasteiger partial charge is 0.251 e. The third-order valence-corrected chi connectivity index (χ3v) is 6.65. The first-order valence-electron chi connectivity index (χ1n) is 8.36. The van der Waals surface area contributed by atoms with Gasteiger partial charge in [-0.3, -0.25) is 4.79 Å². The number of benzene rings is 1. The Morgan fingerprint density at radius 2 is 1.92 bits per heavy atom. The molecule has 1 fully saturated rings.